The monoisotopic (exact) mass is 581 g/mol. The van der Waals surface area contributed by atoms with Gasteiger partial charge in [0.1, 0.15) is 5.75 Å². The van der Waals surface area contributed by atoms with Gasteiger partial charge >= 0.3 is 0 Å². The molecule has 2 aliphatic rings. The van der Waals surface area contributed by atoms with E-state index in [-0.39, 0.29) is 12.5 Å². The number of para-hydroxylation sites is 1. The van der Waals surface area contributed by atoms with Gasteiger partial charge in [0.15, 0.2) is 6.61 Å². The second-order valence-electron chi connectivity index (χ2n) is 10.6. The fourth-order valence-electron chi connectivity index (χ4n) is 5.56. The third-order valence-corrected chi connectivity index (χ3v) is 10.0. The standard InChI is InChI=1S/C31H36ClN3O4S/c1-23-10-16-27(17-11-23)40(37,38)35-20-18-34(19-21-35)31-28(32)8-5-9-29(31)33-30(36)22-39-26-14-12-25(13-15-26)24-6-3-2-4-7-24/h5,8-17,24H,2-4,6-7,18-22H2,1H3,(H,33,36). The van der Waals surface area contributed by atoms with Crippen LogP contribution in [0.4, 0.5) is 11.4 Å². The zero-order chi connectivity index (χ0) is 28.1. The minimum atomic E-state index is -3.58. The summed E-state index contributed by atoms with van der Waals surface area (Å²) in [7, 11) is -3.58. The predicted molar refractivity (Wildman–Crippen MR) is 160 cm³/mol. The van der Waals surface area contributed by atoms with Gasteiger partial charge in [-0.3, -0.25) is 4.79 Å². The number of anilines is 2. The Morgan fingerprint density at radius 1 is 0.925 bits per heavy atom. The molecule has 7 nitrogen and oxygen atoms in total. The molecular weight excluding hydrogens is 546 g/mol. The minimum absolute atomic E-state index is 0.128. The van der Waals surface area contributed by atoms with Gasteiger partial charge in [-0.05, 0) is 67.6 Å². The molecule has 0 bridgehead atoms. The molecule has 9 heteroatoms. The summed E-state index contributed by atoms with van der Waals surface area (Å²) in [5.41, 5.74) is 3.60. The lowest BCUT2D eigenvalue weighted by molar-refractivity contribution is -0.118. The quantitative estimate of drug-likeness (QED) is 0.341. The van der Waals surface area contributed by atoms with Crippen molar-refractivity contribution in [2.75, 3.05) is 43.0 Å². The van der Waals surface area contributed by atoms with Gasteiger partial charge in [-0.15, -0.1) is 0 Å². The van der Waals surface area contributed by atoms with Crippen LogP contribution >= 0.6 is 11.6 Å². The number of aryl methyl sites for hydroxylation is 1. The van der Waals surface area contributed by atoms with Crippen molar-refractivity contribution in [1.29, 1.82) is 0 Å². The summed E-state index contributed by atoms with van der Waals surface area (Å²) >= 11 is 6.58. The molecule has 5 rings (SSSR count). The molecule has 3 aromatic rings. The predicted octanol–water partition coefficient (Wildman–Crippen LogP) is 6.22. The fraction of sp³-hybridized carbons (Fsp3) is 0.387. The Hall–Kier alpha value is -3.07. The van der Waals surface area contributed by atoms with Gasteiger partial charge < -0.3 is 15.0 Å². The molecule has 0 unspecified atom stereocenters. The number of amides is 1. The van der Waals surface area contributed by atoms with E-state index in [4.69, 9.17) is 16.3 Å². The second kappa shape index (κ2) is 12.6. The Labute approximate surface area is 242 Å². The van der Waals surface area contributed by atoms with Crippen molar-refractivity contribution in [3.8, 4) is 5.75 Å². The van der Waals surface area contributed by atoms with E-state index >= 15 is 0 Å². The van der Waals surface area contributed by atoms with E-state index in [2.05, 4.69) is 17.4 Å². The van der Waals surface area contributed by atoms with Gasteiger partial charge in [0.2, 0.25) is 10.0 Å². The van der Waals surface area contributed by atoms with Crippen LogP contribution in [0.15, 0.2) is 71.6 Å². The normalized spacial score (nSPS) is 17.0. The van der Waals surface area contributed by atoms with Crippen LogP contribution in [0.3, 0.4) is 0 Å². The summed E-state index contributed by atoms with van der Waals surface area (Å²) < 4.78 is 33.5. The zero-order valence-corrected chi connectivity index (χ0v) is 24.4. The molecule has 0 spiro atoms. The Bertz CT molecular complexity index is 1410. The van der Waals surface area contributed by atoms with E-state index in [1.165, 1.54) is 42.0 Å². The van der Waals surface area contributed by atoms with E-state index in [0.717, 1.165) is 5.56 Å². The average Bonchev–Trinajstić information content (AvgIpc) is 2.97. The van der Waals surface area contributed by atoms with Gasteiger partial charge in [-0.2, -0.15) is 4.31 Å². The molecule has 1 heterocycles. The van der Waals surface area contributed by atoms with Gasteiger partial charge in [-0.1, -0.05) is 66.8 Å². The van der Waals surface area contributed by atoms with Crippen LogP contribution in [0.5, 0.6) is 5.75 Å². The molecule has 1 aliphatic carbocycles. The van der Waals surface area contributed by atoms with Crippen molar-refractivity contribution in [1.82, 2.24) is 4.31 Å². The number of hydrogen-bond donors (Lipinski definition) is 1. The van der Waals surface area contributed by atoms with Crippen LogP contribution in [-0.4, -0.2) is 51.4 Å². The van der Waals surface area contributed by atoms with Crippen LogP contribution < -0.4 is 15.0 Å². The number of carbonyl (C=O) groups excluding carboxylic acids is 1. The van der Waals surface area contributed by atoms with Gasteiger partial charge in [0, 0.05) is 26.2 Å². The molecule has 0 aromatic heterocycles. The summed E-state index contributed by atoms with van der Waals surface area (Å²) in [5, 5.41) is 3.43. The minimum Gasteiger partial charge on any atom is -0.484 e. The molecular formula is C31H36ClN3O4S. The van der Waals surface area contributed by atoms with Crippen LogP contribution in [0.25, 0.3) is 0 Å². The third kappa shape index (κ3) is 6.62. The Kier molecular flexibility index (Phi) is 8.98. The molecule has 40 heavy (non-hydrogen) atoms. The highest BCUT2D eigenvalue weighted by atomic mass is 35.5. The molecule has 0 atom stereocenters. The Morgan fingerprint density at radius 3 is 2.27 bits per heavy atom. The van der Waals surface area contributed by atoms with Crippen LogP contribution in [0, 0.1) is 6.92 Å². The molecule has 1 N–H and O–H groups in total. The summed E-state index contributed by atoms with van der Waals surface area (Å²) in [4.78, 5) is 15.1. The molecule has 1 amide bonds. The first-order valence-corrected chi connectivity index (χ1v) is 15.8. The summed E-state index contributed by atoms with van der Waals surface area (Å²) in [5.74, 6) is 0.990. The average molecular weight is 582 g/mol. The third-order valence-electron chi connectivity index (χ3n) is 7.80. The van der Waals surface area contributed by atoms with Crippen LogP contribution in [0.2, 0.25) is 5.02 Å². The second-order valence-corrected chi connectivity index (χ2v) is 12.9. The number of halogens is 1. The molecule has 1 saturated carbocycles. The number of hydrogen-bond acceptors (Lipinski definition) is 5. The van der Waals surface area contributed by atoms with Crippen molar-refractivity contribution in [3.05, 3.63) is 82.9 Å². The summed E-state index contributed by atoms with van der Waals surface area (Å²) in [6.45, 7) is 3.32. The van der Waals surface area contributed by atoms with Crippen LogP contribution in [0.1, 0.15) is 49.1 Å². The van der Waals surface area contributed by atoms with E-state index in [0.29, 0.717) is 59.1 Å². The summed E-state index contributed by atoms with van der Waals surface area (Å²) in [6.07, 6.45) is 6.38. The van der Waals surface area contributed by atoms with E-state index in [1.54, 1.807) is 42.5 Å². The first kappa shape index (κ1) is 28.5. The molecule has 212 valence electrons. The van der Waals surface area contributed by atoms with Crippen molar-refractivity contribution in [2.45, 2.75) is 49.8 Å². The van der Waals surface area contributed by atoms with Crippen LogP contribution in [-0.2, 0) is 14.8 Å². The molecule has 3 aromatic carbocycles. The summed E-state index contributed by atoms with van der Waals surface area (Å²) in [6, 6.07) is 20.3. The number of nitrogens with one attached hydrogen (secondary N) is 1. The fourth-order valence-corrected chi connectivity index (χ4v) is 7.27. The Morgan fingerprint density at radius 2 is 1.60 bits per heavy atom. The number of benzene rings is 3. The van der Waals surface area contributed by atoms with Gasteiger partial charge in [0.25, 0.3) is 5.91 Å². The maximum absolute atomic E-state index is 13.1. The Balaban J connectivity index is 1.19. The van der Waals surface area contributed by atoms with Gasteiger partial charge in [-0.25, -0.2) is 8.42 Å². The van der Waals surface area contributed by atoms with E-state index < -0.39 is 10.0 Å². The zero-order valence-electron chi connectivity index (χ0n) is 22.8. The van der Waals surface area contributed by atoms with Crippen molar-refractivity contribution in [3.63, 3.8) is 0 Å². The van der Waals surface area contributed by atoms with E-state index in [1.807, 2.05) is 24.0 Å². The number of sulfonamides is 1. The van der Waals surface area contributed by atoms with E-state index in [9.17, 15) is 13.2 Å². The largest absolute Gasteiger partial charge is 0.484 e. The van der Waals surface area contributed by atoms with Crippen molar-refractivity contribution < 1.29 is 17.9 Å². The smallest absolute Gasteiger partial charge is 0.262 e. The first-order valence-electron chi connectivity index (χ1n) is 13.9. The number of carbonyl (C=O) groups is 1. The highest BCUT2D eigenvalue weighted by Crippen LogP contribution is 2.36. The van der Waals surface area contributed by atoms with Crippen molar-refractivity contribution in [2.24, 2.45) is 0 Å². The maximum Gasteiger partial charge on any atom is 0.262 e. The number of piperazine rings is 1. The topological polar surface area (TPSA) is 79.0 Å². The highest BCUT2D eigenvalue weighted by molar-refractivity contribution is 7.89. The first-order chi connectivity index (χ1) is 19.3. The number of rotatable bonds is 8. The number of ether oxygens (including phenoxy) is 1. The lowest BCUT2D eigenvalue weighted by Gasteiger charge is -2.36. The lowest BCUT2D eigenvalue weighted by atomic mass is 9.84. The van der Waals surface area contributed by atoms with Gasteiger partial charge in [0.05, 0.1) is 21.3 Å². The van der Waals surface area contributed by atoms with Crippen molar-refractivity contribution >= 4 is 38.9 Å². The molecule has 1 aliphatic heterocycles. The lowest BCUT2D eigenvalue weighted by Crippen LogP contribution is -2.49. The molecule has 0 radical (unpaired) electrons. The highest BCUT2D eigenvalue weighted by Gasteiger charge is 2.30. The maximum atomic E-state index is 13.1. The SMILES string of the molecule is Cc1ccc(S(=O)(=O)N2CCN(c3c(Cl)cccc3NC(=O)COc3ccc(C4CCCCC4)cc3)CC2)cc1. The molecule has 1 saturated heterocycles. The molecule has 2 fully saturated rings. The number of nitrogens with zero attached hydrogens (tertiary/aromatic N) is 2.